The summed E-state index contributed by atoms with van der Waals surface area (Å²) >= 11 is 31.2. The van der Waals surface area contributed by atoms with Gasteiger partial charge >= 0.3 is 64.9 Å². The number of hydrogen-bond donors (Lipinski definition) is 6. The number of nitrogens with two attached hydrogens (primary N) is 2. The van der Waals surface area contributed by atoms with Crippen LogP contribution in [0.25, 0.3) is 0 Å². The molecule has 3 aromatic heterocycles. The first-order valence-corrected chi connectivity index (χ1v) is 29.8. The average Bonchev–Trinajstić information content (AvgIpc) is 3.09. The molecule has 0 unspecified atom stereocenters. The molecule has 0 spiro atoms. The van der Waals surface area contributed by atoms with Crippen LogP contribution >= 0.6 is 154 Å². The number of hydroxylamine groups is 1. The van der Waals surface area contributed by atoms with Gasteiger partial charge in [-0.2, -0.15) is 44.9 Å². The van der Waals surface area contributed by atoms with E-state index in [-0.39, 0.29) is 58.3 Å². The van der Waals surface area contributed by atoms with Crippen LogP contribution in [0.15, 0.2) is 0 Å². The number of nitrogens with one attached hydrogen (secondary N) is 4. The molecular weight excluding hydrogens is 1300 g/mol. The van der Waals surface area contributed by atoms with Gasteiger partial charge in [0.2, 0.25) is 44.9 Å². The van der Waals surface area contributed by atoms with Crippen LogP contribution in [0.3, 0.4) is 0 Å². The Hall–Kier alpha value is 1.11. The predicted octanol–water partition coefficient (Wildman–Crippen LogP) is 7.93. The normalized spacial score (nSPS) is 8.12. The van der Waals surface area contributed by atoms with Gasteiger partial charge in [-0.15, -0.1) is 24.8 Å². The first-order valence-electron chi connectivity index (χ1n) is 13.2. The van der Waals surface area contributed by atoms with Gasteiger partial charge in [-0.05, 0) is 57.9 Å². The minimum atomic E-state index is -0.278. The standard InChI is InChI=1S/C7H14N6O.C5H8ClN5.C3Cl3N3.C2H5I.C2H7NO.C2H6.CH5N.CH3.2ClH.3HI.V/c1-8-5-10-6(9-2)12-7(11-5)13(3)14-4;1-7-4-9-3(6)10-5(8-2)11-4;4-1-7-2(5)9-3(6)8-1;1-2-3;1-4-2-3;2*1-2;;;;;;;/h1-4H3,(H2,8,9,10,11,12);1-2H3,(H2,7,8,9,10,11);;2H2,1H3;2-3H2,1H3;1-2H3;2H2,1H3;1H3;5*1H;/q;;;;;;;-1;;;;;;+3/p-3. The molecule has 0 atom stereocenters. The zero-order valence-electron chi connectivity index (χ0n) is 30.6. The Morgan fingerprint density at radius 1 is 0.654 bits per heavy atom. The van der Waals surface area contributed by atoms with Crippen molar-refractivity contribution in [3.63, 3.8) is 0 Å². The molecule has 0 amide bonds. The molecular formula is C23H50Cl6I4N16O2V-. The molecule has 18 nitrogen and oxygen atoms in total. The number of anilines is 5. The third-order valence-electron chi connectivity index (χ3n) is 3.40. The van der Waals surface area contributed by atoms with Crippen LogP contribution in [0.1, 0.15) is 20.8 Å². The van der Waals surface area contributed by atoms with Crippen LogP contribution in [0.5, 0.6) is 0 Å². The van der Waals surface area contributed by atoms with E-state index in [1.807, 2.05) is 13.8 Å². The molecule has 0 fully saturated rings. The Morgan fingerprint density at radius 2 is 0.865 bits per heavy atom. The Balaban J connectivity index is -0.0000000771. The third kappa shape index (κ3) is 47.3. The molecule has 0 aliphatic carbocycles. The van der Waals surface area contributed by atoms with E-state index < -0.39 is 0 Å². The van der Waals surface area contributed by atoms with Crippen molar-refractivity contribution in [2.45, 2.75) is 20.8 Å². The van der Waals surface area contributed by atoms with Crippen molar-refractivity contribution in [2.75, 3.05) is 94.0 Å². The van der Waals surface area contributed by atoms with Crippen LogP contribution < -0.4 is 37.8 Å². The summed E-state index contributed by atoms with van der Waals surface area (Å²) in [5, 5.41) is 12.8. The maximum atomic E-state index is 5.57. The second-order valence-corrected chi connectivity index (χ2v) is 44.5. The maximum absolute atomic E-state index is 5.57. The van der Waals surface area contributed by atoms with Crippen LogP contribution in [-0.4, -0.2) is 113 Å². The second-order valence-electron chi connectivity index (χ2n) is 6.27. The Bertz CT molecular complexity index is 1090. The molecule has 0 aromatic carbocycles. The van der Waals surface area contributed by atoms with Crippen molar-refractivity contribution >= 4 is 183 Å². The van der Waals surface area contributed by atoms with E-state index in [0.29, 0.717) is 36.5 Å². The van der Waals surface area contributed by atoms with Crippen molar-refractivity contribution in [3.8, 4) is 0 Å². The number of hydrogen-bond acceptors (Lipinski definition) is 18. The molecule has 0 bridgehead atoms. The van der Waals surface area contributed by atoms with Gasteiger partial charge in [0, 0.05) is 42.3 Å². The van der Waals surface area contributed by atoms with Crippen molar-refractivity contribution in [1.82, 2.24) is 44.9 Å². The van der Waals surface area contributed by atoms with Crippen LogP contribution in [-0.2, 0) is 14.5 Å². The number of ether oxygens (including phenoxy) is 1. The second kappa shape index (κ2) is 52.1. The number of aromatic nitrogens is 9. The van der Waals surface area contributed by atoms with E-state index in [1.54, 1.807) is 49.5 Å². The topological polar surface area (TPSA) is 238 Å². The molecule has 52 heavy (non-hydrogen) atoms. The molecule has 3 heterocycles. The quantitative estimate of drug-likeness (QED) is 0.0433. The molecule has 310 valence electrons. The summed E-state index contributed by atoms with van der Waals surface area (Å²) in [6.45, 7) is 6.43. The summed E-state index contributed by atoms with van der Waals surface area (Å²) in [7, 11) is 13.2. The number of nitrogens with zero attached hydrogens (tertiary/aromatic N) is 10. The van der Waals surface area contributed by atoms with E-state index in [1.165, 1.54) is 16.5 Å². The summed E-state index contributed by atoms with van der Waals surface area (Å²) in [6.07, 6.45) is 0. The monoisotopic (exact) mass is 1350 g/mol. The molecule has 3 aromatic rings. The molecule has 0 radical (unpaired) electrons. The van der Waals surface area contributed by atoms with E-state index in [9.17, 15) is 0 Å². The van der Waals surface area contributed by atoms with Gasteiger partial charge in [0.25, 0.3) is 5.95 Å². The van der Waals surface area contributed by atoms with Gasteiger partial charge < -0.3 is 44.9 Å². The van der Waals surface area contributed by atoms with Crippen LogP contribution in [0.2, 0.25) is 21.1 Å². The van der Waals surface area contributed by atoms with Gasteiger partial charge in [0.05, 0.1) is 13.8 Å². The number of rotatable bonds is 7. The zero-order valence-corrected chi connectivity index (χ0v) is 45.3. The number of alkyl halides is 1. The van der Waals surface area contributed by atoms with E-state index >= 15 is 0 Å². The minimum absolute atomic E-state index is 0. The molecule has 0 saturated carbocycles. The van der Waals surface area contributed by atoms with Crippen molar-refractivity contribution in [2.24, 2.45) is 11.5 Å². The first-order chi connectivity index (χ1) is 23.2. The zero-order chi connectivity index (χ0) is 39.4. The Kier molecular flexibility index (Phi) is 71.0. The van der Waals surface area contributed by atoms with E-state index in [4.69, 9.17) is 57.0 Å². The first kappa shape index (κ1) is 70.9. The van der Waals surface area contributed by atoms with Crippen LogP contribution in [0.4, 0.5) is 29.7 Å². The van der Waals surface area contributed by atoms with Gasteiger partial charge in [-0.25, -0.2) is 5.06 Å². The average molecular weight is 1350 g/mol. The molecule has 8 N–H and O–H groups in total. The predicted molar refractivity (Wildman–Crippen MR) is 258 cm³/mol. The molecule has 3 rings (SSSR count). The van der Waals surface area contributed by atoms with E-state index in [0.717, 1.165) is 0 Å². The fourth-order valence-corrected chi connectivity index (χ4v) is 2.46. The van der Waals surface area contributed by atoms with Gasteiger partial charge in [-0.3, -0.25) is 4.84 Å². The van der Waals surface area contributed by atoms with Crippen molar-refractivity contribution in [1.29, 1.82) is 0 Å². The summed E-state index contributed by atoms with van der Waals surface area (Å²) < 4.78 is 5.54. The van der Waals surface area contributed by atoms with Crippen LogP contribution in [0, 0.1) is 7.43 Å². The SMILES string of the molecule is CC.CCI.CN.CNc1nc(Cl)nc(NC)n1.CNc1nc(NC)nc(N(C)OC)n1.COCN.Cl.Cl.Clc1nc(Cl)nc(Cl)n1.[CH3-].[I][V]([I])[I]. The molecule has 0 aliphatic heterocycles. The third-order valence-corrected chi connectivity index (χ3v) is 4.08. The summed E-state index contributed by atoms with van der Waals surface area (Å²) in [5.74, 6) is 2.33. The molecule has 0 saturated heterocycles. The van der Waals surface area contributed by atoms with Crippen molar-refractivity contribution in [3.05, 3.63) is 28.6 Å². The summed E-state index contributed by atoms with van der Waals surface area (Å²) in [5.41, 5.74) is 9.31. The number of halogens is 10. The fraction of sp³-hybridized carbons (Fsp3) is 0.565. The Morgan fingerprint density at radius 3 is 1.06 bits per heavy atom. The van der Waals surface area contributed by atoms with Gasteiger partial charge in [0.1, 0.15) is 0 Å². The number of methoxy groups -OCH3 is 1. The molecule has 29 heteroatoms. The molecule has 0 aliphatic rings. The van der Waals surface area contributed by atoms with Crippen molar-refractivity contribution < 1.29 is 14.5 Å². The van der Waals surface area contributed by atoms with Gasteiger partial charge in [0.15, 0.2) is 0 Å². The Labute approximate surface area is 392 Å². The van der Waals surface area contributed by atoms with Gasteiger partial charge in [-0.1, -0.05) is 43.4 Å². The van der Waals surface area contributed by atoms with E-state index in [2.05, 4.69) is 166 Å². The fourth-order valence-electron chi connectivity index (χ4n) is 1.69. The summed E-state index contributed by atoms with van der Waals surface area (Å²) in [6, 6.07) is 0. The summed E-state index contributed by atoms with van der Waals surface area (Å²) in [4.78, 5) is 38.8.